The molecule has 1 unspecified atom stereocenters. The van der Waals surface area contributed by atoms with Gasteiger partial charge in [-0.3, -0.25) is 4.99 Å². The van der Waals surface area contributed by atoms with Gasteiger partial charge < -0.3 is 15.4 Å². The molecular formula is C19H28IN3OS. The minimum absolute atomic E-state index is 0. The third kappa shape index (κ3) is 7.64. The summed E-state index contributed by atoms with van der Waals surface area (Å²) in [5.74, 6) is 2.19. The molecule has 1 heterocycles. The van der Waals surface area contributed by atoms with Gasteiger partial charge in [0.25, 0.3) is 0 Å². The molecule has 2 N–H and O–H groups in total. The first-order valence-electron chi connectivity index (χ1n) is 8.32. The van der Waals surface area contributed by atoms with E-state index in [-0.39, 0.29) is 30.1 Å². The van der Waals surface area contributed by atoms with E-state index in [1.165, 1.54) is 10.4 Å². The molecule has 0 amide bonds. The van der Waals surface area contributed by atoms with Gasteiger partial charge in [0.2, 0.25) is 0 Å². The van der Waals surface area contributed by atoms with Crippen molar-refractivity contribution in [2.24, 2.45) is 4.99 Å². The maximum absolute atomic E-state index is 5.66. The van der Waals surface area contributed by atoms with E-state index in [1.807, 2.05) is 26.0 Å². The summed E-state index contributed by atoms with van der Waals surface area (Å²) in [5.41, 5.74) is 1.19. The number of hydrogen-bond donors (Lipinski definition) is 2. The molecule has 0 saturated carbocycles. The first-order chi connectivity index (χ1) is 11.6. The van der Waals surface area contributed by atoms with Crippen LogP contribution < -0.4 is 15.4 Å². The van der Waals surface area contributed by atoms with Gasteiger partial charge in [-0.2, -0.15) is 0 Å². The Balaban J connectivity index is 0.00000312. The normalized spacial score (nSPS) is 12.4. The lowest BCUT2D eigenvalue weighted by Crippen LogP contribution is -2.38. The molecule has 1 atom stereocenters. The Kier molecular flexibility index (Phi) is 9.89. The monoisotopic (exact) mass is 473 g/mol. The second kappa shape index (κ2) is 11.4. The van der Waals surface area contributed by atoms with Gasteiger partial charge in [0.15, 0.2) is 5.96 Å². The molecule has 0 aliphatic rings. The molecule has 1 aromatic heterocycles. The van der Waals surface area contributed by atoms with Gasteiger partial charge in [-0.05, 0) is 43.0 Å². The fraction of sp³-hybridized carbons (Fsp3) is 0.421. The fourth-order valence-electron chi connectivity index (χ4n) is 2.29. The van der Waals surface area contributed by atoms with Crippen LogP contribution in [-0.2, 0) is 6.54 Å². The van der Waals surface area contributed by atoms with Crippen molar-refractivity contribution in [2.45, 2.75) is 39.3 Å². The summed E-state index contributed by atoms with van der Waals surface area (Å²) in [5, 5.41) is 8.85. The van der Waals surface area contributed by atoms with E-state index < -0.39 is 0 Å². The van der Waals surface area contributed by atoms with Crippen LogP contribution in [0.4, 0.5) is 0 Å². The summed E-state index contributed by atoms with van der Waals surface area (Å²) in [6.45, 7) is 7.88. The lowest BCUT2D eigenvalue weighted by atomic mass is 10.1. The Morgan fingerprint density at radius 3 is 2.40 bits per heavy atom. The van der Waals surface area contributed by atoms with Crippen LogP contribution in [0.2, 0.25) is 0 Å². The number of halogens is 1. The highest BCUT2D eigenvalue weighted by atomic mass is 127. The molecule has 2 rings (SSSR count). The highest BCUT2D eigenvalue weighted by Crippen LogP contribution is 2.19. The molecular weight excluding hydrogens is 445 g/mol. The molecule has 0 fully saturated rings. The molecule has 25 heavy (non-hydrogen) atoms. The third-order valence-electron chi connectivity index (χ3n) is 3.58. The van der Waals surface area contributed by atoms with Crippen LogP contribution in [0.3, 0.4) is 0 Å². The Morgan fingerprint density at radius 1 is 1.12 bits per heavy atom. The van der Waals surface area contributed by atoms with E-state index in [0.717, 1.165) is 24.8 Å². The summed E-state index contributed by atoms with van der Waals surface area (Å²) in [6.07, 6.45) is 0.197. The van der Waals surface area contributed by atoms with Gasteiger partial charge in [-0.15, -0.1) is 35.3 Å². The van der Waals surface area contributed by atoms with Crippen LogP contribution in [0.25, 0.3) is 0 Å². The highest BCUT2D eigenvalue weighted by Gasteiger charge is 2.07. The van der Waals surface area contributed by atoms with Gasteiger partial charge >= 0.3 is 0 Å². The Bertz CT molecular complexity index is 627. The van der Waals surface area contributed by atoms with E-state index in [1.54, 1.807) is 18.4 Å². The average Bonchev–Trinajstić information content (AvgIpc) is 3.10. The number of nitrogens with one attached hydrogen (secondary N) is 2. The minimum atomic E-state index is 0. The fourth-order valence-corrected chi connectivity index (χ4v) is 3.07. The van der Waals surface area contributed by atoms with Crippen LogP contribution >= 0.6 is 35.3 Å². The van der Waals surface area contributed by atoms with Crippen LogP contribution in [0.15, 0.2) is 46.8 Å². The van der Waals surface area contributed by atoms with E-state index in [0.29, 0.717) is 5.92 Å². The minimum Gasteiger partial charge on any atom is -0.491 e. The molecule has 6 heteroatoms. The van der Waals surface area contributed by atoms with Crippen molar-refractivity contribution in [1.29, 1.82) is 0 Å². The van der Waals surface area contributed by atoms with Gasteiger partial charge in [0, 0.05) is 30.9 Å². The smallest absolute Gasteiger partial charge is 0.191 e. The molecule has 0 spiro atoms. The van der Waals surface area contributed by atoms with E-state index >= 15 is 0 Å². The summed E-state index contributed by atoms with van der Waals surface area (Å²) in [7, 11) is 1.80. The molecule has 0 bridgehead atoms. The lowest BCUT2D eigenvalue weighted by molar-refractivity contribution is 0.242. The second-order valence-electron chi connectivity index (χ2n) is 6.03. The second-order valence-corrected chi connectivity index (χ2v) is 7.01. The molecule has 0 aliphatic heterocycles. The van der Waals surface area contributed by atoms with Crippen LogP contribution in [0, 0.1) is 0 Å². The van der Waals surface area contributed by atoms with Crippen molar-refractivity contribution in [3.63, 3.8) is 0 Å². The number of guanidine groups is 1. The number of aliphatic imine (C=N–C) groups is 1. The van der Waals surface area contributed by atoms with Crippen molar-refractivity contribution < 1.29 is 4.74 Å². The van der Waals surface area contributed by atoms with E-state index in [2.05, 4.69) is 52.2 Å². The first-order valence-corrected chi connectivity index (χ1v) is 9.20. The van der Waals surface area contributed by atoms with Crippen molar-refractivity contribution in [3.05, 3.63) is 52.2 Å². The number of hydrogen-bond acceptors (Lipinski definition) is 3. The summed E-state index contributed by atoms with van der Waals surface area (Å²) in [4.78, 5) is 5.67. The van der Waals surface area contributed by atoms with Gasteiger partial charge in [-0.25, -0.2) is 0 Å². The maximum Gasteiger partial charge on any atom is 0.191 e. The molecule has 1 aromatic carbocycles. The highest BCUT2D eigenvalue weighted by molar-refractivity contribution is 14.0. The summed E-state index contributed by atoms with van der Waals surface area (Å²) >= 11 is 1.79. The molecule has 0 radical (unpaired) electrons. The Labute approximate surface area is 172 Å². The van der Waals surface area contributed by atoms with Gasteiger partial charge in [-0.1, -0.05) is 25.1 Å². The van der Waals surface area contributed by atoms with Crippen molar-refractivity contribution in [2.75, 3.05) is 13.6 Å². The van der Waals surface area contributed by atoms with Crippen molar-refractivity contribution in [3.8, 4) is 5.75 Å². The van der Waals surface area contributed by atoms with Gasteiger partial charge in [0.05, 0.1) is 6.10 Å². The molecule has 4 nitrogen and oxygen atoms in total. The number of rotatable bonds is 7. The Hall–Kier alpha value is -1.28. The summed E-state index contributed by atoms with van der Waals surface area (Å²) < 4.78 is 5.66. The summed E-state index contributed by atoms with van der Waals surface area (Å²) in [6, 6.07) is 12.4. The largest absolute Gasteiger partial charge is 0.491 e. The average molecular weight is 473 g/mol. The number of thiophene rings is 1. The van der Waals surface area contributed by atoms with Crippen LogP contribution in [0.1, 0.15) is 37.1 Å². The predicted octanol–water partition coefficient (Wildman–Crippen LogP) is 4.62. The SMILES string of the molecule is CN=C(NCc1ccc(OC(C)C)cc1)NCC(C)c1cccs1.I. The molecule has 138 valence electrons. The quantitative estimate of drug-likeness (QED) is 0.351. The third-order valence-corrected chi connectivity index (χ3v) is 4.69. The van der Waals surface area contributed by atoms with Crippen LogP contribution in [0.5, 0.6) is 5.75 Å². The number of benzene rings is 1. The molecule has 2 aromatic rings. The standard InChI is InChI=1S/C19H27N3OS.HI/c1-14(2)23-17-9-7-16(8-10-17)13-22-19(20-4)21-12-15(3)18-6-5-11-24-18;/h5-11,14-15H,12-13H2,1-4H3,(H2,20,21,22);1H. The van der Waals surface area contributed by atoms with Gasteiger partial charge in [0.1, 0.15) is 5.75 Å². The van der Waals surface area contributed by atoms with Crippen LogP contribution in [-0.4, -0.2) is 25.7 Å². The predicted molar refractivity (Wildman–Crippen MR) is 119 cm³/mol. The molecule has 0 aliphatic carbocycles. The molecule has 0 saturated heterocycles. The van der Waals surface area contributed by atoms with Crippen molar-refractivity contribution in [1.82, 2.24) is 10.6 Å². The van der Waals surface area contributed by atoms with E-state index in [4.69, 9.17) is 4.74 Å². The zero-order valence-electron chi connectivity index (χ0n) is 15.3. The number of nitrogens with zero attached hydrogens (tertiary/aromatic N) is 1. The lowest BCUT2D eigenvalue weighted by Gasteiger charge is -2.15. The topological polar surface area (TPSA) is 45.7 Å². The Morgan fingerprint density at radius 2 is 1.84 bits per heavy atom. The first kappa shape index (κ1) is 21.8. The number of ether oxygens (including phenoxy) is 1. The van der Waals surface area contributed by atoms with E-state index in [9.17, 15) is 0 Å². The maximum atomic E-state index is 5.66. The zero-order chi connectivity index (χ0) is 17.4. The zero-order valence-corrected chi connectivity index (χ0v) is 18.4. The van der Waals surface area contributed by atoms with Crippen molar-refractivity contribution >= 4 is 41.3 Å².